The second-order valence-corrected chi connectivity index (χ2v) is 4.27. The van der Waals surface area contributed by atoms with Gasteiger partial charge in [0, 0.05) is 18.0 Å². The second kappa shape index (κ2) is 4.58. The van der Waals surface area contributed by atoms with Gasteiger partial charge in [-0.3, -0.25) is 4.79 Å². The van der Waals surface area contributed by atoms with Gasteiger partial charge in [0.15, 0.2) is 5.78 Å². The average molecular weight is 205 g/mol. The SMILES string of the molecule is Cc1cc(C)c(C(=O)C(C)CN)c(C)c1. The van der Waals surface area contributed by atoms with Crippen molar-refractivity contribution in [2.75, 3.05) is 6.54 Å². The van der Waals surface area contributed by atoms with Crippen LogP contribution >= 0.6 is 0 Å². The van der Waals surface area contributed by atoms with Gasteiger partial charge in [0.1, 0.15) is 0 Å². The van der Waals surface area contributed by atoms with Crippen LogP contribution in [0, 0.1) is 26.7 Å². The molecule has 0 aromatic heterocycles. The van der Waals surface area contributed by atoms with Crippen molar-refractivity contribution in [3.8, 4) is 0 Å². The summed E-state index contributed by atoms with van der Waals surface area (Å²) < 4.78 is 0. The molecule has 15 heavy (non-hydrogen) atoms. The van der Waals surface area contributed by atoms with E-state index in [9.17, 15) is 4.79 Å². The van der Waals surface area contributed by atoms with Crippen LogP contribution in [0.2, 0.25) is 0 Å². The first-order valence-electron chi connectivity index (χ1n) is 5.29. The molecule has 1 atom stereocenters. The van der Waals surface area contributed by atoms with Crippen molar-refractivity contribution in [1.29, 1.82) is 0 Å². The number of carbonyl (C=O) groups excluding carboxylic acids is 1. The molecule has 0 amide bonds. The topological polar surface area (TPSA) is 43.1 Å². The summed E-state index contributed by atoms with van der Waals surface area (Å²) in [4.78, 5) is 12.0. The Kier molecular flexibility index (Phi) is 3.64. The molecule has 1 rings (SSSR count). The van der Waals surface area contributed by atoms with Crippen molar-refractivity contribution in [2.24, 2.45) is 11.7 Å². The maximum absolute atomic E-state index is 12.0. The van der Waals surface area contributed by atoms with Crippen LogP contribution in [0.25, 0.3) is 0 Å². The molecular formula is C13H19NO. The minimum absolute atomic E-state index is 0.0925. The molecule has 1 unspecified atom stereocenters. The Morgan fingerprint density at radius 2 is 1.73 bits per heavy atom. The summed E-state index contributed by atoms with van der Waals surface area (Å²) in [6, 6.07) is 4.09. The van der Waals surface area contributed by atoms with Gasteiger partial charge < -0.3 is 5.73 Å². The highest BCUT2D eigenvalue weighted by molar-refractivity contribution is 6.00. The first kappa shape index (κ1) is 11.9. The largest absolute Gasteiger partial charge is 0.330 e. The molecule has 2 heteroatoms. The Morgan fingerprint density at radius 1 is 1.27 bits per heavy atom. The molecule has 0 aliphatic carbocycles. The van der Waals surface area contributed by atoms with Crippen molar-refractivity contribution < 1.29 is 4.79 Å². The van der Waals surface area contributed by atoms with E-state index in [2.05, 4.69) is 0 Å². The third-order valence-corrected chi connectivity index (χ3v) is 2.72. The molecular weight excluding hydrogens is 186 g/mol. The fourth-order valence-corrected chi connectivity index (χ4v) is 1.92. The van der Waals surface area contributed by atoms with Crippen LogP contribution in [0.15, 0.2) is 12.1 Å². The molecule has 0 saturated heterocycles. The molecule has 0 aliphatic heterocycles. The zero-order chi connectivity index (χ0) is 11.6. The molecule has 1 aromatic carbocycles. The molecule has 0 aliphatic rings. The number of nitrogens with two attached hydrogens (primary N) is 1. The van der Waals surface area contributed by atoms with Gasteiger partial charge in [-0.15, -0.1) is 0 Å². The third kappa shape index (κ3) is 2.45. The highest BCUT2D eigenvalue weighted by Crippen LogP contribution is 2.19. The molecule has 0 bridgehead atoms. The van der Waals surface area contributed by atoms with Crippen LogP contribution in [-0.2, 0) is 0 Å². The van der Waals surface area contributed by atoms with E-state index in [0.29, 0.717) is 6.54 Å². The fourth-order valence-electron chi connectivity index (χ4n) is 1.92. The van der Waals surface area contributed by atoms with Gasteiger partial charge in [-0.2, -0.15) is 0 Å². The predicted molar refractivity (Wildman–Crippen MR) is 63.2 cm³/mol. The lowest BCUT2D eigenvalue weighted by Crippen LogP contribution is -2.22. The summed E-state index contributed by atoms with van der Waals surface area (Å²) in [5.74, 6) is 0.0672. The number of rotatable bonds is 3. The van der Waals surface area contributed by atoms with E-state index >= 15 is 0 Å². The Bertz CT molecular complexity index is 359. The number of Topliss-reactive ketones (excluding diaryl/α,β-unsaturated/α-hetero) is 1. The quantitative estimate of drug-likeness (QED) is 0.770. The van der Waals surface area contributed by atoms with E-state index in [-0.39, 0.29) is 11.7 Å². The van der Waals surface area contributed by atoms with Crippen LogP contribution in [0.1, 0.15) is 34.0 Å². The van der Waals surface area contributed by atoms with E-state index < -0.39 is 0 Å². The van der Waals surface area contributed by atoms with Crippen LogP contribution in [0.3, 0.4) is 0 Å². The molecule has 2 N–H and O–H groups in total. The standard InChI is InChI=1S/C13H19NO/c1-8-5-9(2)12(10(3)6-8)13(15)11(4)7-14/h5-6,11H,7,14H2,1-4H3. The van der Waals surface area contributed by atoms with E-state index in [0.717, 1.165) is 16.7 Å². The molecule has 0 saturated carbocycles. The predicted octanol–water partition coefficient (Wildman–Crippen LogP) is 2.39. The molecule has 0 radical (unpaired) electrons. The second-order valence-electron chi connectivity index (χ2n) is 4.27. The van der Waals surface area contributed by atoms with Gasteiger partial charge in [-0.05, 0) is 31.9 Å². The Labute approximate surface area is 91.5 Å². The number of ketones is 1. The monoisotopic (exact) mass is 205 g/mol. The van der Waals surface area contributed by atoms with Gasteiger partial charge >= 0.3 is 0 Å². The summed E-state index contributed by atoms with van der Waals surface area (Å²) in [6.07, 6.45) is 0. The first-order chi connectivity index (χ1) is 6.97. The molecule has 0 spiro atoms. The fraction of sp³-hybridized carbons (Fsp3) is 0.462. The molecule has 2 nitrogen and oxygen atoms in total. The highest BCUT2D eigenvalue weighted by atomic mass is 16.1. The Balaban J connectivity index is 3.20. The first-order valence-corrected chi connectivity index (χ1v) is 5.29. The zero-order valence-corrected chi connectivity index (χ0v) is 9.92. The Hall–Kier alpha value is -1.15. The van der Waals surface area contributed by atoms with Crippen LogP contribution in [-0.4, -0.2) is 12.3 Å². The minimum atomic E-state index is -0.0925. The molecule has 0 fully saturated rings. The molecule has 0 heterocycles. The van der Waals surface area contributed by atoms with Gasteiger partial charge in [0.05, 0.1) is 0 Å². The number of benzene rings is 1. The van der Waals surface area contributed by atoms with Crippen molar-refractivity contribution in [2.45, 2.75) is 27.7 Å². The van der Waals surface area contributed by atoms with Crippen LogP contribution in [0.5, 0.6) is 0 Å². The van der Waals surface area contributed by atoms with E-state index in [1.165, 1.54) is 5.56 Å². The number of hydrogen-bond donors (Lipinski definition) is 1. The summed E-state index contributed by atoms with van der Waals surface area (Å²) in [7, 11) is 0. The van der Waals surface area contributed by atoms with Gasteiger partial charge in [-0.1, -0.05) is 24.6 Å². The van der Waals surface area contributed by atoms with Gasteiger partial charge in [0.25, 0.3) is 0 Å². The van der Waals surface area contributed by atoms with Crippen molar-refractivity contribution in [3.05, 3.63) is 34.4 Å². The van der Waals surface area contributed by atoms with Gasteiger partial charge in [0.2, 0.25) is 0 Å². The summed E-state index contributed by atoms with van der Waals surface area (Å²) in [5, 5.41) is 0. The summed E-state index contributed by atoms with van der Waals surface area (Å²) >= 11 is 0. The lowest BCUT2D eigenvalue weighted by Gasteiger charge is -2.13. The maximum Gasteiger partial charge on any atom is 0.167 e. The third-order valence-electron chi connectivity index (χ3n) is 2.72. The van der Waals surface area contributed by atoms with E-state index in [4.69, 9.17) is 5.73 Å². The van der Waals surface area contributed by atoms with E-state index in [1.54, 1.807) is 0 Å². The minimum Gasteiger partial charge on any atom is -0.330 e. The van der Waals surface area contributed by atoms with Crippen LogP contribution < -0.4 is 5.73 Å². The van der Waals surface area contributed by atoms with Crippen molar-refractivity contribution >= 4 is 5.78 Å². The Morgan fingerprint density at radius 3 is 2.13 bits per heavy atom. The molecule has 82 valence electrons. The summed E-state index contributed by atoms with van der Waals surface area (Å²) in [5.41, 5.74) is 9.67. The lowest BCUT2D eigenvalue weighted by molar-refractivity contribution is 0.0933. The highest BCUT2D eigenvalue weighted by Gasteiger charge is 2.17. The van der Waals surface area contributed by atoms with E-state index in [1.807, 2.05) is 39.8 Å². The number of aryl methyl sites for hydroxylation is 3. The molecule has 1 aromatic rings. The van der Waals surface area contributed by atoms with Crippen LogP contribution in [0.4, 0.5) is 0 Å². The lowest BCUT2D eigenvalue weighted by atomic mass is 9.91. The normalized spacial score (nSPS) is 12.6. The van der Waals surface area contributed by atoms with Crippen molar-refractivity contribution in [1.82, 2.24) is 0 Å². The number of carbonyl (C=O) groups is 1. The number of hydrogen-bond acceptors (Lipinski definition) is 2. The van der Waals surface area contributed by atoms with Crippen molar-refractivity contribution in [3.63, 3.8) is 0 Å². The summed E-state index contributed by atoms with van der Waals surface area (Å²) in [6.45, 7) is 8.29. The maximum atomic E-state index is 12.0. The smallest absolute Gasteiger partial charge is 0.167 e. The zero-order valence-electron chi connectivity index (χ0n) is 9.92. The average Bonchev–Trinajstić information content (AvgIpc) is 2.14. The van der Waals surface area contributed by atoms with Gasteiger partial charge in [-0.25, -0.2) is 0 Å².